The number of hydrogen-bond acceptors (Lipinski definition) is 8. The minimum Gasteiger partial charge on any atom is -0.497 e. The van der Waals surface area contributed by atoms with Crippen molar-refractivity contribution < 1.29 is 9.66 Å². The third-order valence-electron chi connectivity index (χ3n) is 7.41. The molecule has 42 heavy (non-hydrogen) atoms. The molecule has 3 heterocycles. The summed E-state index contributed by atoms with van der Waals surface area (Å²) in [5.41, 5.74) is 6.09. The lowest BCUT2D eigenvalue weighted by atomic mass is 9.93. The van der Waals surface area contributed by atoms with E-state index in [1.165, 1.54) is 12.1 Å². The van der Waals surface area contributed by atoms with Crippen LogP contribution in [0.4, 0.5) is 28.6 Å². The largest absolute Gasteiger partial charge is 0.497 e. The summed E-state index contributed by atoms with van der Waals surface area (Å²) in [6.07, 6.45) is 0. The Morgan fingerprint density at radius 2 is 1.60 bits per heavy atom. The lowest BCUT2D eigenvalue weighted by Crippen LogP contribution is -2.46. The van der Waals surface area contributed by atoms with E-state index in [4.69, 9.17) is 19.8 Å². The Balaban J connectivity index is 1.45. The van der Waals surface area contributed by atoms with Crippen molar-refractivity contribution in [3.63, 3.8) is 0 Å². The minimum absolute atomic E-state index is 0.0122. The summed E-state index contributed by atoms with van der Waals surface area (Å²) in [7, 11) is 1.64. The molecule has 2 aliphatic heterocycles. The van der Waals surface area contributed by atoms with Crippen molar-refractivity contribution in [2.45, 2.75) is 13.0 Å². The maximum Gasteiger partial charge on any atom is 0.269 e. The fourth-order valence-corrected chi connectivity index (χ4v) is 5.46. The predicted molar refractivity (Wildman–Crippen MR) is 163 cm³/mol. The molecule has 1 aromatic heterocycles. The maximum atomic E-state index is 11.3. The molecule has 10 nitrogen and oxygen atoms in total. The highest BCUT2D eigenvalue weighted by molar-refractivity contribution is 6.51. The molecule has 0 saturated heterocycles. The van der Waals surface area contributed by atoms with Crippen LogP contribution in [0.15, 0.2) is 113 Å². The minimum atomic E-state index is -0.413. The van der Waals surface area contributed by atoms with E-state index in [0.717, 1.165) is 39.6 Å². The number of nitro groups is 1. The monoisotopic (exact) mass is 555 g/mol. The van der Waals surface area contributed by atoms with Crippen molar-refractivity contribution in [2.24, 2.45) is 9.98 Å². The molecule has 5 aromatic rings. The number of rotatable bonds is 5. The van der Waals surface area contributed by atoms with Crippen LogP contribution in [0.5, 0.6) is 5.75 Å². The molecule has 0 fully saturated rings. The smallest absolute Gasteiger partial charge is 0.269 e. The zero-order chi connectivity index (χ0) is 28.8. The molecule has 10 heteroatoms. The molecule has 0 spiro atoms. The van der Waals surface area contributed by atoms with Gasteiger partial charge < -0.3 is 15.0 Å². The summed E-state index contributed by atoms with van der Waals surface area (Å²) in [5, 5.41) is 19.7. The fraction of sp³-hybridized carbons (Fsp3) is 0.0938. The van der Waals surface area contributed by atoms with Crippen molar-refractivity contribution in [2.75, 3.05) is 17.3 Å². The molecule has 0 bridgehead atoms. The molecule has 1 N–H and O–H groups in total. The number of para-hydroxylation sites is 2. The number of amidine groups is 2. The molecule has 2 aliphatic rings. The maximum absolute atomic E-state index is 11.3. The van der Waals surface area contributed by atoms with E-state index in [9.17, 15) is 10.1 Å². The van der Waals surface area contributed by atoms with Crippen LogP contribution in [0, 0.1) is 17.0 Å². The molecular formula is C32H25N7O3. The molecule has 1 atom stereocenters. The normalized spacial score (nSPS) is 15.1. The zero-order valence-electron chi connectivity index (χ0n) is 22.8. The number of ether oxygens (including phenoxy) is 1. The second kappa shape index (κ2) is 10.0. The van der Waals surface area contributed by atoms with Crippen LogP contribution in [0.2, 0.25) is 0 Å². The van der Waals surface area contributed by atoms with Gasteiger partial charge in [0.05, 0.1) is 40.8 Å². The van der Waals surface area contributed by atoms with Crippen LogP contribution < -0.4 is 15.0 Å². The Kier molecular flexibility index (Phi) is 6.01. The molecule has 0 aliphatic carbocycles. The van der Waals surface area contributed by atoms with E-state index >= 15 is 0 Å². The van der Waals surface area contributed by atoms with Gasteiger partial charge in [0.25, 0.3) is 5.69 Å². The molecule has 7 rings (SSSR count). The average Bonchev–Trinajstić information content (AvgIpc) is 3.36. The fourth-order valence-electron chi connectivity index (χ4n) is 5.46. The number of nitrogens with zero attached hydrogens (tertiary/aromatic N) is 6. The Bertz CT molecular complexity index is 1880. The molecule has 206 valence electrons. The number of fused-ring (bicyclic) bond motifs is 4. The molecular weight excluding hydrogens is 530 g/mol. The number of aryl methyl sites for hydroxylation is 1. The van der Waals surface area contributed by atoms with E-state index in [0.29, 0.717) is 23.2 Å². The summed E-state index contributed by atoms with van der Waals surface area (Å²) in [6, 6.07) is 32.0. The van der Waals surface area contributed by atoms with E-state index in [-0.39, 0.29) is 11.7 Å². The number of nitrogens with one attached hydrogen (secondary N) is 1. The third-order valence-corrected chi connectivity index (χ3v) is 7.41. The van der Waals surface area contributed by atoms with Crippen molar-refractivity contribution in [3.05, 3.63) is 130 Å². The number of anilines is 2. The van der Waals surface area contributed by atoms with Crippen LogP contribution in [-0.2, 0) is 0 Å². The molecule has 0 saturated carbocycles. The molecule has 0 amide bonds. The lowest BCUT2D eigenvalue weighted by molar-refractivity contribution is -0.384. The number of nitro benzene ring substituents is 1. The first-order valence-corrected chi connectivity index (χ1v) is 13.4. The van der Waals surface area contributed by atoms with Gasteiger partial charge in [-0.2, -0.15) is 5.10 Å². The van der Waals surface area contributed by atoms with Gasteiger partial charge in [-0.15, -0.1) is 0 Å². The zero-order valence-corrected chi connectivity index (χ0v) is 22.8. The lowest BCUT2D eigenvalue weighted by Gasteiger charge is -2.40. The number of aromatic nitrogens is 2. The highest BCUT2D eigenvalue weighted by Gasteiger charge is 2.41. The van der Waals surface area contributed by atoms with Gasteiger partial charge in [-0.05, 0) is 61.0 Å². The van der Waals surface area contributed by atoms with Gasteiger partial charge in [0.1, 0.15) is 5.75 Å². The highest BCUT2D eigenvalue weighted by atomic mass is 16.6. The van der Waals surface area contributed by atoms with Crippen LogP contribution in [0.1, 0.15) is 22.9 Å². The van der Waals surface area contributed by atoms with Crippen LogP contribution in [0.3, 0.4) is 0 Å². The van der Waals surface area contributed by atoms with Gasteiger partial charge in [-0.25, -0.2) is 14.7 Å². The molecule has 0 radical (unpaired) electrons. The second-order valence-corrected chi connectivity index (χ2v) is 9.93. The van der Waals surface area contributed by atoms with Crippen LogP contribution in [0.25, 0.3) is 5.69 Å². The van der Waals surface area contributed by atoms with Gasteiger partial charge in [0.15, 0.2) is 17.5 Å². The quantitative estimate of drug-likeness (QED) is 0.187. The van der Waals surface area contributed by atoms with Crippen molar-refractivity contribution in [1.29, 1.82) is 0 Å². The van der Waals surface area contributed by atoms with E-state index in [1.807, 2.05) is 67.6 Å². The Morgan fingerprint density at radius 3 is 2.31 bits per heavy atom. The number of aliphatic imine (C=N–C) groups is 2. The Hall–Kier alpha value is -5.77. The highest BCUT2D eigenvalue weighted by Crippen LogP contribution is 2.48. The van der Waals surface area contributed by atoms with Crippen LogP contribution in [-0.4, -0.2) is 33.5 Å². The molecule has 1 unspecified atom stereocenters. The number of benzene rings is 4. The van der Waals surface area contributed by atoms with Crippen LogP contribution >= 0.6 is 0 Å². The summed E-state index contributed by atoms with van der Waals surface area (Å²) < 4.78 is 7.08. The first kappa shape index (κ1) is 25.2. The van der Waals surface area contributed by atoms with Crippen molar-refractivity contribution in [3.8, 4) is 11.4 Å². The SMILES string of the molecule is COc1ccc(NC2=Nc3ccccc3N3C2=Nc2c(c(C)nn2-c2ccc([N+](=O)[O-])cc2)C3c2ccccc2)cc1. The number of hydrogen-bond donors (Lipinski definition) is 1. The predicted octanol–water partition coefficient (Wildman–Crippen LogP) is 6.89. The van der Waals surface area contributed by atoms with E-state index < -0.39 is 4.92 Å². The second-order valence-electron chi connectivity index (χ2n) is 9.93. The first-order chi connectivity index (χ1) is 20.5. The summed E-state index contributed by atoms with van der Waals surface area (Å²) in [5.74, 6) is 2.61. The van der Waals surface area contributed by atoms with Crippen molar-refractivity contribution in [1.82, 2.24) is 9.78 Å². The van der Waals surface area contributed by atoms with Gasteiger partial charge in [-0.3, -0.25) is 10.1 Å². The summed E-state index contributed by atoms with van der Waals surface area (Å²) in [6.45, 7) is 1.97. The average molecular weight is 556 g/mol. The van der Waals surface area contributed by atoms with Gasteiger partial charge in [0.2, 0.25) is 0 Å². The van der Waals surface area contributed by atoms with Crippen molar-refractivity contribution >= 4 is 40.2 Å². The van der Waals surface area contributed by atoms with E-state index in [2.05, 4.69) is 28.4 Å². The summed E-state index contributed by atoms with van der Waals surface area (Å²) in [4.78, 5) is 23.3. The molecule has 4 aromatic carbocycles. The first-order valence-electron chi connectivity index (χ1n) is 13.4. The van der Waals surface area contributed by atoms with Gasteiger partial charge in [0, 0.05) is 23.4 Å². The third kappa shape index (κ3) is 4.17. The topological polar surface area (TPSA) is 110 Å². The Morgan fingerprint density at radius 1 is 0.881 bits per heavy atom. The number of non-ortho nitro benzene ring substituents is 1. The van der Waals surface area contributed by atoms with Gasteiger partial charge in [-0.1, -0.05) is 42.5 Å². The Labute approximate surface area is 241 Å². The van der Waals surface area contributed by atoms with Gasteiger partial charge >= 0.3 is 0 Å². The van der Waals surface area contributed by atoms with E-state index in [1.54, 1.807) is 23.9 Å². The number of methoxy groups -OCH3 is 1. The standard InChI is InChI=1S/C32H25N7O3/c1-20-28-29(21-8-4-3-5-9-21)37-27-11-7-6-10-26(27)34-30(33-22-12-18-25(42-2)19-13-22)32(37)35-31(28)38(36-20)23-14-16-24(17-15-23)39(40)41/h3-19,29H,1-2H3,(H,33,34). The summed E-state index contributed by atoms with van der Waals surface area (Å²) >= 11 is 0.